The van der Waals surface area contributed by atoms with Crippen LogP contribution in [0, 0.1) is 11.3 Å². The number of rotatable bonds is 6. The van der Waals surface area contributed by atoms with Crippen molar-refractivity contribution in [3.05, 3.63) is 35.4 Å². The maximum atomic E-state index is 8.99. The summed E-state index contributed by atoms with van der Waals surface area (Å²) in [6, 6.07) is 10.3. The molecule has 0 aliphatic carbocycles. The molecule has 1 fully saturated rings. The topological polar surface area (TPSA) is 63.5 Å². The zero-order valence-electron chi connectivity index (χ0n) is 14.9. The van der Waals surface area contributed by atoms with Crippen molar-refractivity contribution in [2.24, 2.45) is 4.99 Å². The number of aliphatic imine (C=N–C) groups is 1. The fraction of sp³-hybridized carbons (Fsp3) is 0.579. The summed E-state index contributed by atoms with van der Waals surface area (Å²) in [7, 11) is 0. The molecule has 0 spiro atoms. The monoisotopic (exact) mass is 327 g/mol. The Balaban J connectivity index is 1.90. The Morgan fingerprint density at radius 3 is 2.79 bits per heavy atom. The number of guanidine groups is 1. The summed E-state index contributed by atoms with van der Waals surface area (Å²) in [6.07, 6.45) is 3.55. The van der Waals surface area contributed by atoms with Gasteiger partial charge in [-0.3, -0.25) is 0 Å². The van der Waals surface area contributed by atoms with Crippen molar-refractivity contribution in [1.29, 1.82) is 5.26 Å². The van der Waals surface area contributed by atoms with E-state index in [1.807, 2.05) is 24.3 Å². The van der Waals surface area contributed by atoms with Gasteiger partial charge in [0.1, 0.15) is 0 Å². The molecule has 0 amide bonds. The number of nitrogens with zero attached hydrogens (tertiary/aromatic N) is 3. The Morgan fingerprint density at radius 2 is 2.12 bits per heavy atom. The predicted molar refractivity (Wildman–Crippen MR) is 98.9 cm³/mol. The van der Waals surface area contributed by atoms with E-state index in [-0.39, 0.29) is 0 Å². The maximum absolute atomic E-state index is 8.99. The molecule has 5 heteroatoms. The van der Waals surface area contributed by atoms with Gasteiger partial charge < -0.3 is 15.5 Å². The lowest BCUT2D eigenvalue weighted by molar-refractivity contribution is 0.206. The van der Waals surface area contributed by atoms with E-state index in [2.05, 4.69) is 40.4 Å². The minimum Gasteiger partial charge on any atom is -0.357 e. The summed E-state index contributed by atoms with van der Waals surface area (Å²) < 4.78 is 0. The standard InChI is InChI=1S/C19H29N5/c1-3-10-24-11-8-18(9-12-24)23-19(21-4-2)22-15-17-7-5-6-16(13-17)14-20/h5-7,13,18H,3-4,8-12,15H2,1-2H3,(H2,21,22,23). The minimum atomic E-state index is 0.487. The summed E-state index contributed by atoms with van der Waals surface area (Å²) in [4.78, 5) is 7.22. The number of hydrogen-bond acceptors (Lipinski definition) is 3. The first kappa shape index (κ1) is 18.3. The van der Waals surface area contributed by atoms with Crippen LogP contribution in [0.15, 0.2) is 29.3 Å². The van der Waals surface area contributed by atoms with Crippen molar-refractivity contribution >= 4 is 5.96 Å². The highest BCUT2D eigenvalue weighted by Gasteiger charge is 2.19. The molecule has 0 atom stereocenters. The van der Waals surface area contributed by atoms with Gasteiger partial charge in [0, 0.05) is 25.7 Å². The lowest BCUT2D eigenvalue weighted by Gasteiger charge is -2.32. The molecule has 130 valence electrons. The molecule has 1 aromatic rings. The third-order valence-electron chi connectivity index (χ3n) is 4.29. The molecule has 0 unspecified atom stereocenters. The van der Waals surface area contributed by atoms with Crippen LogP contribution < -0.4 is 10.6 Å². The van der Waals surface area contributed by atoms with Gasteiger partial charge in [-0.15, -0.1) is 0 Å². The molecule has 5 nitrogen and oxygen atoms in total. The first-order chi connectivity index (χ1) is 11.7. The van der Waals surface area contributed by atoms with Crippen LogP contribution in [0.3, 0.4) is 0 Å². The van der Waals surface area contributed by atoms with Crippen LogP contribution in [0.4, 0.5) is 0 Å². The summed E-state index contributed by atoms with van der Waals surface area (Å²) in [5, 5.41) is 15.9. The fourth-order valence-electron chi connectivity index (χ4n) is 3.04. The Hall–Kier alpha value is -2.06. The Morgan fingerprint density at radius 1 is 1.33 bits per heavy atom. The molecule has 0 aromatic heterocycles. The second-order valence-electron chi connectivity index (χ2n) is 6.27. The quantitative estimate of drug-likeness (QED) is 0.622. The highest BCUT2D eigenvalue weighted by Crippen LogP contribution is 2.11. The summed E-state index contributed by atoms with van der Waals surface area (Å²) in [5.41, 5.74) is 1.74. The molecule has 2 rings (SSSR count). The molecule has 0 bridgehead atoms. The zero-order chi connectivity index (χ0) is 17.2. The lowest BCUT2D eigenvalue weighted by atomic mass is 10.1. The Kier molecular flexibility index (Phi) is 7.57. The van der Waals surface area contributed by atoms with Gasteiger partial charge in [-0.1, -0.05) is 19.1 Å². The number of likely N-dealkylation sites (tertiary alicyclic amines) is 1. The van der Waals surface area contributed by atoms with Crippen LogP contribution in [0.5, 0.6) is 0 Å². The van der Waals surface area contributed by atoms with E-state index < -0.39 is 0 Å². The number of nitriles is 1. The smallest absolute Gasteiger partial charge is 0.191 e. The van der Waals surface area contributed by atoms with Crippen molar-refractivity contribution in [2.45, 2.75) is 45.7 Å². The van der Waals surface area contributed by atoms with Crippen LogP contribution in [0.25, 0.3) is 0 Å². The number of benzene rings is 1. The van der Waals surface area contributed by atoms with E-state index in [1.54, 1.807) is 0 Å². The first-order valence-electron chi connectivity index (χ1n) is 9.01. The maximum Gasteiger partial charge on any atom is 0.191 e. The van der Waals surface area contributed by atoms with Gasteiger partial charge in [0.25, 0.3) is 0 Å². The lowest BCUT2D eigenvalue weighted by Crippen LogP contribution is -2.48. The van der Waals surface area contributed by atoms with E-state index in [9.17, 15) is 0 Å². The highest BCUT2D eigenvalue weighted by molar-refractivity contribution is 5.80. The van der Waals surface area contributed by atoms with E-state index in [4.69, 9.17) is 5.26 Å². The summed E-state index contributed by atoms with van der Waals surface area (Å²) in [6.45, 7) is 9.28. The normalized spacial score (nSPS) is 16.6. The van der Waals surface area contributed by atoms with Crippen LogP contribution in [0.1, 0.15) is 44.2 Å². The second kappa shape index (κ2) is 9.94. The molecule has 1 heterocycles. The highest BCUT2D eigenvalue weighted by atomic mass is 15.2. The average Bonchev–Trinajstić information content (AvgIpc) is 2.62. The fourth-order valence-corrected chi connectivity index (χ4v) is 3.04. The SMILES string of the molecule is CCCN1CCC(NC(=NCc2cccc(C#N)c2)NCC)CC1. The summed E-state index contributed by atoms with van der Waals surface area (Å²) in [5.74, 6) is 0.869. The van der Waals surface area contributed by atoms with Crippen molar-refractivity contribution < 1.29 is 0 Å². The number of piperidine rings is 1. The Bertz CT molecular complexity index is 567. The van der Waals surface area contributed by atoms with Crippen molar-refractivity contribution in [3.8, 4) is 6.07 Å². The van der Waals surface area contributed by atoms with Gasteiger partial charge in [0.15, 0.2) is 5.96 Å². The second-order valence-corrected chi connectivity index (χ2v) is 6.27. The predicted octanol–water partition coefficient (Wildman–Crippen LogP) is 2.49. The van der Waals surface area contributed by atoms with Gasteiger partial charge in [0.05, 0.1) is 18.2 Å². The molecule has 24 heavy (non-hydrogen) atoms. The minimum absolute atomic E-state index is 0.487. The Labute approximate surface area is 145 Å². The third-order valence-corrected chi connectivity index (χ3v) is 4.29. The molecule has 1 saturated heterocycles. The summed E-state index contributed by atoms with van der Waals surface area (Å²) >= 11 is 0. The van der Waals surface area contributed by atoms with E-state index in [1.165, 1.54) is 13.0 Å². The van der Waals surface area contributed by atoms with Gasteiger partial charge in [-0.05, 0) is 50.4 Å². The molecular weight excluding hydrogens is 298 g/mol. The third kappa shape index (κ3) is 5.86. The number of hydrogen-bond donors (Lipinski definition) is 2. The molecule has 1 aliphatic heterocycles. The van der Waals surface area contributed by atoms with E-state index in [0.717, 1.165) is 44.0 Å². The first-order valence-corrected chi connectivity index (χ1v) is 9.01. The largest absolute Gasteiger partial charge is 0.357 e. The van der Waals surface area contributed by atoms with Crippen LogP contribution >= 0.6 is 0 Å². The van der Waals surface area contributed by atoms with Crippen molar-refractivity contribution in [2.75, 3.05) is 26.2 Å². The van der Waals surface area contributed by atoms with Crippen LogP contribution in [-0.4, -0.2) is 43.1 Å². The number of nitrogens with one attached hydrogen (secondary N) is 2. The van der Waals surface area contributed by atoms with Gasteiger partial charge >= 0.3 is 0 Å². The van der Waals surface area contributed by atoms with Gasteiger partial charge in [0.2, 0.25) is 0 Å². The van der Waals surface area contributed by atoms with Crippen LogP contribution in [0.2, 0.25) is 0 Å². The molecule has 0 radical (unpaired) electrons. The van der Waals surface area contributed by atoms with E-state index >= 15 is 0 Å². The molecule has 1 aromatic carbocycles. The van der Waals surface area contributed by atoms with Crippen molar-refractivity contribution in [1.82, 2.24) is 15.5 Å². The molecular formula is C19H29N5. The van der Waals surface area contributed by atoms with Gasteiger partial charge in [-0.2, -0.15) is 5.26 Å². The van der Waals surface area contributed by atoms with Gasteiger partial charge in [-0.25, -0.2) is 4.99 Å². The molecule has 0 saturated carbocycles. The van der Waals surface area contributed by atoms with E-state index in [0.29, 0.717) is 18.2 Å². The average molecular weight is 327 g/mol. The zero-order valence-corrected chi connectivity index (χ0v) is 14.9. The molecule has 2 N–H and O–H groups in total. The van der Waals surface area contributed by atoms with Crippen LogP contribution in [-0.2, 0) is 6.54 Å². The van der Waals surface area contributed by atoms with Crippen molar-refractivity contribution in [3.63, 3.8) is 0 Å². The molecule has 1 aliphatic rings.